The van der Waals surface area contributed by atoms with Gasteiger partial charge < -0.3 is 10.2 Å². The van der Waals surface area contributed by atoms with Crippen molar-refractivity contribution in [2.45, 2.75) is 31.5 Å². The van der Waals surface area contributed by atoms with Gasteiger partial charge >= 0.3 is 0 Å². The van der Waals surface area contributed by atoms with Crippen molar-refractivity contribution in [1.29, 1.82) is 0 Å². The van der Waals surface area contributed by atoms with E-state index in [9.17, 15) is 14.4 Å². The van der Waals surface area contributed by atoms with Crippen molar-refractivity contribution in [3.63, 3.8) is 0 Å². The first kappa shape index (κ1) is 25.7. The van der Waals surface area contributed by atoms with Crippen molar-refractivity contribution >= 4 is 40.2 Å². The first-order chi connectivity index (χ1) is 18.5. The number of aryl methyl sites for hydroxylation is 1. The molecule has 38 heavy (non-hydrogen) atoms. The lowest BCUT2D eigenvalue weighted by molar-refractivity contribution is -0.132. The minimum atomic E-state index is -0.119. The van der Waals surface area contributed by atoms with E-state index < -0.39 is 0 Å². The van der Waals surface area contributed by atoms with E-state index in [4.69, 9.17) is 4.98 Å². The molecule has 0 saturated carbocycles. The summed E-state index contributed by atoms with van der Waals surface area (Å²) in [5.41, 5.74) is 3.43. The molecule has 0 spiro atoms. The first-order valence-corrected chi connectivity index (χ1v) is 13.8. The minimum absolute atomic E-state index is 0.000574. The monoisotopic (exact) mass is 526 g/mol. The number of rotatable bonds is 7. The van der Waals surface area contributed by atoms with Crippen molar-refractivity contribution in [2.75, 3.05) is 24.2 Å². The smallest absolute Gasteiger partial charge is 0.262 e. The molecule has 4 aromatic rings. The number of carbonyl (C=O) groups excluding carboxylic acids is 2. The van der Waals surface area contributed by atoms with Gasteiger partial charge in [0.1, 0.15) is 0 Å². The van der Waals surface area contributed by atoms with Crippen molar-refractivity contribution in [3.05, 3.63) is 100 Å². The molecular formula is C30H30N4O3S. The van der Waals surface area contributed by atoms with E-state index in [0.717, 1.165) is 16.8 Å². The second-order valence-electron chi connectivity index (χ2n) is 9.59. The molecule has 0 bridgehead atoms. The van der Waals surface area contributed by atoms with Gasteiger partial charge in [0.25, 0.3) is 5.56 Å². The number of hydrogen-bond acceptors (Lipinski definition) is 5. The number of thioether (sulfide) groups is 1. The molecule has 0 radical (unpaired) electrons. The third-order valence-corrected chi connectivity index (χ3v) is 7.83. The van der Waals surface area contributed by atoms with E-state index in [0.29, 0.717) is 48.5 Å². The van der Waals surface area contributed by atoms with Crippen LogP contribution in [0.3, 0.4) is 0 Å². The van der Waals surface area contributed by atoms with Crippen molar-refractivity contribution < 1.29 is 9.59 Å². The highest BCUT2D eigenvalue weighted by atomic mass is 32.2. The molecule has 1 fully saturated rings. The Hall–Kier alpha value is -3.91. The Morgan fingerprint density at radius 3 is 2.37 bits per heavy atom. The van der Waals surface area contributed by atoms with Crippen LogP contribution in [-0.2, 0) is 16.1 Å². The zero-order chi connectivity index (χ0) is 26.5. The summed E-state index contributed by atoms with van der Waals surface area (Å²) in [7, 11) is 0. The van der Waals surface area contributed by atoms with Gasteiger partial charge in [-0.15, -0.1) is 0 Å². The fourth-order valence-electron chi connectivity index (χ4n) is 4.65. The Bertz CT molecular complexity index is 1490. The summed E-state index contributed by atoms with van der Waals surface area (Å²) in [5, 5.41) is 4.07. The highest BCUT2D eigenvalue weighted by Crippen LogP contribution is 2.23. The van der Waals surface area contributed by atoms with Crippen LogP contribution in [0.1, 0.15) is 24.0 Å². The topological polar surface area (TPSA) is 84.3 Å². The summed E-state index contributed by atoms with van der Waals surface area (Å²) in [6.07, 6.45) is 1.25. The molecule has 0 aliphatic carbocycles. The normalized spacial score (nSPS) is 14.0. The molecule has 3 aromatic carbocycles. The van der Waals surface area contributed by atoms with Gasteiger partial charge in [-0.1, -0.05) is 71.9 Å². The first-order valence-electron chi connectivity index (χ1n) is 12.8. The number of nitrogens with zero attached hydrogens (tertiary/aromatic N) is 3. The fraction of sp³-hybridized carbons (Fsp3) is 0.267. The van der Waals surface area contributed by atoms with Crippen LogP contribution in [0.4, 0.5) is 5.69 Å². The average molecular weight is 527 g/mol. The lowest BCUT2D eigenvalue weighted by Gasteiger charge is -2.31. The highest BCUT2D eigenvalue weighted by molar-refractivity contribution is 7.99. The van der Waals surface area contributed by atoms with Gasteiger partial charge in [-0.3, -0.25) is 19.0 Å². The Kier molecular flexibility index (Phi) is 7.89. The predicted molar refractivity (Wildman–Crippen MR) is 151 cm³/mol. The van der Waals surface area contributed by atoms with Gasteiger partial charge in [0.15, 0.2) is 5.16 Å². The molecule has 1 N–H and O–H groups in total. The number of amides is 2. The molecule has 2 amide bonds. The Morgan fingerprint density at radius 2 is 1.63 bits per heavy atom. The van der Waals surface area contributed by atoms with Crippen LogP contribution in [0.2, 0.25) is 0 Å². The molecule has 1 saturated heterocycles. The number of para-hydroxylation sites is 1. The summed E-state index contributed by atoms with van der Waals surface area (Å²) in [6, 6.07) is 24.8. The number of carbonyl (C=O) groups is 2. The molecule has 2 heterocycles. The van der Waals surface area contributed by atoms with Crippen molar-refractivity contribution in [2.24, 2.45) is 5.92 Å². The van der Waals surface area contributed by atoms with E-state index in [1.165, 1.54) is 11.8 Å². The molecule has 8 heteroatoms. The SMILES string of the molecule is Cc1ccc(NC(=O)C2CCN(C(=O)CSc3nc4ccccc4c(=O)n3Cc3ccccc3)CC2)cc1. The van der Waals surface area contributed by atoms with Gasteiger partial charge in [-0.25, -0.2) is 4.98 Å². The molecular weight excluding hydrogens is 496 g/mol. The summed E-state index contributed by atoms with van der Waals surface area (Å²) in [6.45, 7) is 3.46. The van der Waals surface area contributed by atoms with Gasteiger partial charge in [0, 0.05) is 24.7 Å². The summed E-state index contributed by atoms with van der Waals surface area (Å²) in [4.78, 5) is 45.7. The molecule has 194 valence electrons. The van der Waals surface area contributed by atoms with Crippen LogP contribution in [0.15, 0.2) is 88.8 Å². The predicted octanol–water partition coefficient (Wildman–Crippen LogP) is 4.72. The lowest BCUT2D eigenvalue weighted by Crippen LogP contribution is -2.42. The van der Waals surface area contributed by atoms with Crippen LogP contribution >= 0.6 is 11.8 Å². The Labute approximate surface area is 225 Å². The van der Waals surface area contributed by atoms with Gasteiger partial charge in [0.05, 0.1) is 23.2 Å². The fourth-order valence-corrected chi connectivity index (χ4v) is 5.55. The number of nitrogens with one attached hydrogen (secondary N) is 1. The molecule has 7 nitrogen and oxygen atoms in total. The maximum absolute atomic E-state index is 13.3. The maximum atomic E-state index is 13.3. The lowest BCUT2D eigenvalue weighted by atomic mass is 9.96. The second kappa shape index (κ2) is 11.6. The number of piperidine rings is 1. The zero-order valence-corrected chi connectivity index (χ0v) is 22.1. The molecule has 1 aromatic heterocycles. The van der Waals surface area contributed by atoms with Gasteiger partial charge in [0.2, 0.25) is 11.8 Å². The van der Waals surface area contributed by atoms with Crippen molar-refractivity contribution in [1.82, 2.24) is 14.5 Å². The van der Waals surface area contributed by atoms with E-state index in [2.05, 4.69) is 5.32 Å². The molecule has 0 unspecified atom stereocenters. The quantitative estimate of drug-likeness (QED) is 0.278. The zero-order valence-electron chi connectivity index (χ0n) is 21.3. The second-order valence-corrected chi connectivity index (χ2v) is 10.5. The highest BCUT2D eigenvalue weighted by Gasteiger charge is 2.27. The van der Waals surface area contributed by atoms with E-state index in [-0.39, 0.29) is 29.0 Å². The van der Waals surface area contributed by atoms with Crippen LogP contribution < -0.4 is 10.9 Å². The number of likely N-dealkylation sites (tertiary alicyclic amines) is 1. The molecule has 5 rings (SSSR count). The average Bonchev–Trinajstić information content (AvgIpc) is 2.95. The standard InChI is InChI=1S/C30H30N4O3S/c1-21-11-13-24(14-12-21)31-28(36)23-15-17-33(18-16-23)27(35)20-38-30-32-26-10-6-5-9-25(26)29(37)34(30)19-22-7-3-2-4-8-22/h2-14,23H,15-20H2,1H3,(H,31,36). The molecule has 0 atom stereocenters. The summed E-state index contributed by atoms with van der Waals surface area (Å²) in [5.74, 6) is 0.0488. The number of anilines is 1. The number of hydrogen-bond donors (Lipinski definition) is 1. The largest absolute Gasteiger partial charge is 0.342 e. The number of fused-ring (bicyclic) bond motifs is 1. The third-order valence-electron chi connectivity index (χ3n) is 6.87. The number of benzene rings is 3. The van der Waals surface area contributed by atoms with Crippen LogP contribution in [-0.4, -0.2) is 45.1 Å². The maximum Gasteiger partial charge on any atom is 0.262 e. The van der Waals surface area contributed by atoms with Gasteiger partial charge in [-0.2, -0.15) is 0 Å². The van der Waals surface area contributed by atoms with E-state index >= 15 is 0 Å². The Morgan fingerprint density at radius 1 is 0.947 bits per heavy atom. The van der Waals surface area contributed by atoms with E-state index in [1.807, 2.05) is 84.6 Å². The van der Waals surface area contributed by atoms with Crippen LogP contribution in [0.5, 0.6) is 0 Å². The molecule has 1 aliphatic rings. The van der Waals surface area contributed by atoms with E-state index in [1.54, 1.807) is 10.6 Å². The summed E-state index contributed by atoms with van der Waals surface area (Å²) >= 11 is 1.29. The van der Waals surface area contributed by atoms with Crippen LogP contribution in [0, 0.1) is 12.8 Å². The van der Waals surface area contributed by atoms with Crippen LogP contribution in [0.25, 0.3) is 10.9 Å². The summed E-state index contributed by atoms with van der Waals surface area (Å²) < 4.78 is 1.65. The Balaban J connectivity index is 1.23. The molecule has 1 aliphatic heterocycles. The third kappa shape index (κ3) is 5.97. The minimum Gasteiger partial charge on any atom is -0.342 e. The van der Waals surface area contributed by atoms with Gasteiger partial charge in [-0.05, 0) is 49.6 Å². The number of aromatic nitrogens is 2. The van der Waals surface area contributed by atoms with Crippen molar-refractivity contribution in [3.8, 4) is 0 Å².